The van der Waals surface area contributed by atoms with Gasteiger partial charge < -0.3 is 4.79 Å². The summed E-state index contributed by atoms with van der Waals surface area (Å²) in [7, 11) is 0. The van der Waals surface area contributed by atoms with E-state index in [-0.39, 0.29) is 12.3 Å². The Morgan fingerprint density at radius 3 is 2.26 bits per heavy atom. The van der Waals surface area contributed by atoms with Gasteiger partial charge in [-0.2, -0.15) is 0 Å². The molecule has 1 saturated heterocycles. The van der Waals surface area contributed by atoms with Crippen LogP contribution < -0.4 is 10.6 Å². The highest BCUT2D eigenvalue weighted by Gasteiger charge is 2.52. The molecular weight excluding hydrogens is 248 g/mol. The fourth-order valence-corrected chi connectivity index (χ4v) is 2.63. The Balaban J connectivity index is 3.01. The number of unbranched alkanes of at least 4 members (excludes halogenated alkanes) is 1. The Kier molecular flexibility index (Phi) is 5.20. The van der Waals surface area contributed by atoms with Crippen LogP contribution in [0.1, 0.15) is 46.0 Å². The lowest BCUT2D eigenvalue weighted by Crippen LogP contribution is -2.64. The van der Waals surface area contributed by atoms with E-state index in [0.717, 1.165) is 12.7 Å². The van der Waals surface area contributed by atoms with Crippen LogP contribution in [0.2, 0.25) is 0 Å². The van der Waals surface area contributed by atoms with Crippen molar-refractivity contribution in [2.75, 3.05) is 0 Å². The highest BCUT2D eigenvalue weighted by molar-refractivity contribution is 6.19. The molecule has 106 valence electrons. The Bertz CT molecular complexity index is 372. The van der Waals surface area contributed by atoms with Crippen LogP contribution >= 0.6 is 0 Å². The lowest BCUT2D eigenvalue weighted by atomic mass is 9.68. The number of nitrogens with one attached hydrogen (secondary N) is 2. The summed E-state index contributed by atoms with van der Waals surface area (Å²) < 4.78 is 0. The van der Waals surface area contributed by atoms with Crippen LogP contribution in [0.15, 0.2) is 0 Å². The summed E-state index contributed by atoms with van der Waals surface area (Å²) in [5.41, 5.74) is -1.24. The zero-order valence-electron chi connectivity index (χ0n) is 11.3. The van der Waals surface area contributed by atoms with E-state index in [2.05, 4.69) is 10.6 Å². The second-order valence-corrected chi connectivity index (χ2v) is 4.96. The van der Waals surface area contributed by atoms with Crippen molar-refractivity contribution in [2.45, 2.75) is 46.0 Å². The van der Waals surface area contributed by atoms with Crippen LogP contribution in [0.25, 0.3) is 0 Å². The number of imide groups is 2. The maximum atomic E-state index is 12.2. The summed E-state index contributed by atoms with van der Waals surface area (Å²) >= 11 is 0. The van der Waals surface area contributed by atoms with E-state index in [1.54, 1.807) is 0 Å². The molecule has 2 N–H and O–H groups in total. The molecule has 1 atom stereocenters. The van der Waals surface area contributed by atoms with Gasteiger partial charge in [-0.25, -0.2) is 4.79 Å². The lowest BCUT2D eigenvalue weighted by Gasteiger charge is -2.38. The summed E-state index contributed by atoms with van der Waals surface area (Å²) in [6, 6.07) is -0.773. The normalized spacial score (nSPS) is 19.6. The minimum Gasteiger partial charge on any atom is -0.303 e. The first-order valence-electron chi connectivity index (χ1n) is 6.59. The van der Waals surface area contributed by atoms with Crippen LogP contribution in [0.3, 0.4) is 0 Å². The number of amides is 4. The smallest absolute Gasteiger partial charge is 0.303 e. The average Bonchev–Trinajstić information content (AvgIpc) is 2.33. The van der Waals surface area contributed by atoms with Gasteiger partial charge in [-0.3, -0.25) is 20.2 Å². The standard InChI is InChI=1S/C13H20N2O4/c1-3-6-9(2)13(7-4-5-8-16)10(17)14-12(19)15-11(13)18/h8-9H,3-7H2,1-2H3,(H2,14,15,17,18,19). The number of carbonyl (C=O) groups is 4. The number of hydrogen-bond acceptors (Lipinski definition) is 4. The van der Waals surface area contributed by atoms with Gasteiger partial charge in [0.1, 0.15) is 11.7 Å². The molecule has 1 rings (SSSR count). The number of barbiturate groups is 1. The van der Waals surface area contributed by atoms with Crippen molar-refractivity contribution in [1.82, 2.24) is 10.6 Å². The number of carbonyl (C=O) groups excluding carboxylic acids is 4. The fourth-order valence-electron chi connectivity index (χ4n) is 2.63. The molecule has 0 radical (unpaired) electrons. The quantitative estimate of drug-likeness (QED) is 0.411. The maximum Gasteiger partial charge on any atom is 0.328 e. The monoisotopic (exact) mass is 268 g/mol. The van der Waals surface area contributed by atoms with Gasteiger partial charge in [0.15, 0.2) is 0 Å². The summed E-state index contributed by atoms with van der Waals surface area (Å²) in [5.74, 6) is -1.28. The fraction of sp³-hybridized carbons (Fsp3) is 0.692. The largest absolute Gasteiger partial charge is 0.328 e. The highest BCUT2D eigenvalue weighted by atomic mass is 16.2. The van der Waals surface area contributed by atoms with E-state index in [1.165, 1.54) is 0 Å². The minimum atomic E-state index is -1.24. The molecule has 1 unspecified atom stereocenters. The van der Waals surface area contributed by atoms with Gasteiger partial charge in [0.25, 0.3) is 0 Å². The molecule has 0 aromatic heterocycles. The van der Waals surface area contributed by atoms with Crippen molar-refractivity contribution in [3.05, 3.63) is 0 Å². The predicted molar refractivity (Wildman–Crippen MR) is 68.1 cm³/mol. The van der Waals surface area contributed by atoms with Crippen LogP contribution in [0.4, 0.5) is 4.79 Å². The van der Waals surface area contributed by atoms with Crippen molar-refractivity contribution < 1.29 is 19.2 Å². The van der Waals surface area contributed by atoms with Crippen molar-refractivity contribution in [3.8, 4) is 0 Å². The first kappa shape index (κ1) is 15.3. The average molecular weight is 268 g/mol. The van der Waals surface area contributed by atoms with E-state index in [9.17, 15) is 19.2 Å². The molecule has 0 spiro atoms. The molecule has 0 aliphatic carbocycles. The molecule has 1 fully saturated rings. The molecule has 1 heterocycles. The second-order valence-electron chi connectivity index (χ2n) is 4.96. The highest BCUT2D eigenvalue weighted by Crippen LogP contribution is 2.38. The minimum absolute atomic E-state index is 0.183. The number of aldehydes is 1. The summed E-state index contributed by atoms with van der Waals surface area (Å²) in [4.78, 5) is 45.9. The number of urea groups is 1. The molecule has 6 heteroatoms. The van der Waals surface area contributed by atoms with Crippen molar-refractivity contribution in [2.24, 2.45) is 11.3 Å². The molecular formula is C13H20N2O4. The number of hydrogen-bond donors (Lipinski definition) is 2. The van der Waals surface area contributed by atoms with Gasteiger partial charge in [0, 0.05) is 6.42 Å². The Hall–Kier alpha value is -1.72. The van der Waals surface area contributed by atoms with E-state index in [1.807, 2.05) is 13.8 Å². The van der Waals surface area contributed by atoms with Gasteiger partial charge >= 0.3 is 6.03 Å². The topological polar surface area (TPSA) is 92.3 Å². The lowest BCUT2D eigenvalue weighted by molar-refractivity contribution is -0.149. The molecule has 1 aliphatic heterocycles. The van der Waals surface area contributed by atoms with Crippen molar-refractivity contribution in [3.63, 3.8) is 0 Å². The van der Waals surface area contributed by atoms with Gasteiger partial charge in [-0.15, -0.1) is 0 Å². The predicted octanol–water partition coefficient (Wildman–Crippen LogP) is 1.14. The molecule has 6 nitrogen and oxygen atoms in total. The molecule has 0 aromatic carbocycles. The molecule has 19 heavy (non-hydrogen) atoms. The van der Waals surface area contributed by atoms with E-state index >= 15 is 0 Å². The van der Waals surface area contributed by atoms with Crippen LogP contribution in [-0.4, -0.2) is 24.1 Å². The van der Waals surface area contributed by atoms with Gasteiger partial charge in [-0.1, -0.05) is 20.3 Å². The van der Waals surface area contributed by atoms with Crippen LogP contribution in [-0.2, 0) is 14.4 Å². The van der Waals surface area contributed by atoms with Crippen molar-refractivity contribution >= 4 is 24.1 Å². The van der Waals surface area contributed by atoms with Gasteiger partial charge in [0.2, 0.25) is 11.8 Å². The van der Waals surface area contributed by atoms with Gasteiger partial charge in [-0.05, 0) is 25.2 Å². The summed E-state index contributed by atoms with van der Waals surface area (Å²) in [6.07, 6.45) is 3.34. The third kappa shape index (κ3) is 3.00. The van der Waals surface area contributed by atoms with E-state index < -0.39 is 23.3 Å². The summed E-state index contributed by atoms with van der Waals surface area (Å²) in [5, 5.41) is 4.34. The van der Waals surface area contributed by atoms with E-state index in [0.29, 0.717) is 19.3 Å². The van der Waals surface area contributed by atoms with Gasteiger partial charge in [0.05, 0.1) is 0 Å². The zero-order chi connectivity index (χ0) is 14.5. The van der Waals surface area contributed by atoms with Crippen LogP contribution in [0, 0.1) is 11.3 Å². The summed E-state index contributed by atoms with van der Waals surface area (Å²) in [6.45, 7) is 3.80. The number of rotatable bonds is 7. The molecule has 4 amide bonds. The molecule has 1 aliphatic rings. The Labute approximate surface area is 112 Å². The Morgan fingerprint density at radius 1 is 1.21 bits per heavy atom. The van der Waals surface area contributed by atoms with Crippen LogP contribution in [0.5, 0.6) is 0 Å². The maximum absolute atomic E-state index is 12.2. The second kappa shape index (κ2) is 6.45. The molecule has 0 aromatic rings. The van der Waals surface area contributed by atoms with E-state index in [4.69, 9.17) is 0 Å². The SMILES string of the molecule is CCCC(C)C1(CCCC=O)C(=O)NC(=O)NC1=O. The molecule has 0 bridgehead atoms. The first-order valence-corrected chi connectivity index (χ1v) is 6.59. The first-order chi connectivity index (χ1) is 8.98. The third-order valence-electron chi connectivity index (χ3n) is 3.72. The van der Waals surface area contributed by atoms with Crippen molar-refractivity contribution in [1.29, 1.82) is 0 Å². The third-order valence-corrected chi connectivity index (χ3v) is 3.72. The zero-order valence-corrected chi connectivity index (χ0v) is 11.3. The molecule has 0 saturated carbocycles. The Morgan fingerprint density at radius 2 is 1.79 bits per heavy atom.